The largest absolute Gasteiger partial charge is 0.475 e. The van der Waals surface area contributed by atoms with Gasteiger partial charge in [0.25, 0.3) is 0 Å². The van der Waals surface area contributed by atoms with Gasteiger partial charge in [-0.25, -0.2) is 4.98 Å². The summed E-state index contributed by atoms with van der Waals surface area (Å²) >= 11 is 0. The highest BCUT2D eigenvalue weighted by atomic mass is 16.5. The van der Waals surface area contributed by atoms with Crippen molar-refractivity contribution in [1.29, 1.82) is 0 Å². The Morgan fingerprint density at radius 3 is 2.78 bits per heavy atom. The van der Waals surface area contributed by atoms with Crippen molar-refractivity contribution in [2.45, 2.75) is 26.9 Å². The molecular weight excluding hydrogens is 234 g/mol. The average Bonchev–Trinajstić information content (AvgIpc) is 2.33. The predicted octanol–water partition coefficient (Wildman–Crippen LogP) is 1.29. The van der Waals surface area contributed by atoms with Crippen molar-refractivity contribution >= 4 is 5.84 Å². The third-order valence-electron chi connectivity index (χ3n) is 2.16. The van der Waals surface area contributed by atoms with Gasteiger partial charge in [-0.05, 0) is 32.9 Å². The Hall–Kier alpha value is -1.82. The van der Waals surface area contributed by atoms with E-state index in [2.05, 4.69) is 10.1 Å². The first-order chi connectivity index (χ1) is 8.54. The Bertz CT molecular complexity index is 419. The molecule has 0 atom stereocenters. The van der Waals surface area contributed by atoms with E-state index in [0.717, 1.165) is 5.69 Å². The number of nitrogens with zero attached hydrogens (tertiary/aromatic N) is 2. The summed E-state index contributed by atoms with van der Waals surface area (Å²) in [6.07, 6.45) is 0.155. The fraction of sp³-hybridized carbons (Fsp3) is 0.500. The smallest absolute Gasteiger partial charge is 0.224 e. The van der Waals surface area contributed by atoms with E-state index in [1.54, 1.807) is 12.1 Å². The first-order valence-corrected chi connectivity index (χ1v) is 5.74. The molecule has 0 bridgehead atoms. The summed E-state index contributed by atoms with van der Waals surface area (Å²) in [6.45, 7) is 6.57. The zero-order chi connectivity index (χ0) is 13.5. The van der Waals surface area contributed by atoms with E-state index in [0.29, 0.717) is 24.7 Å². The zero-order valence-electron chi connectivity index (χ0n) is 10.9. The summed E-state index contributed by atoms with van der Waals surface area (Å²) in [7, 11) is 0. The lowest BCUT2D eigenvalue weighted by molar-refractivity contribution is 0.0542. The zero-order valence-corrected chi connectivity index (χ0v) is 10.9. The van der Waals surface area contributed by atoms with Gasteiger partial charge in [0.05, 0.1) is 18.3 Å². The number of aromatic nitrogens is 1. The fourth-order valence-electron chi connectivity index (χ4n) is 1.31. The van der Waals surface area contributed by atoms with Crippen LogP contribution in [-0.2, 0) is 4.74 Å². The molecule has 0 radical (unpaired) electrons. The van der Waals surface area contributed by atoms with Crippen LogP contribution in [0, 0.1) is 6.92 Å². The molecule has 0 amide bonds. The lowest BCUT2D eigenvalue weighted by atomic mass is 10.2. The second kappa shape index (κ2) is 6.80. The van der Waals surface area contributed by atoms with E-state index in [1.807, 2.05) is 20.8 Å². The van der Waals surface area contributed by atoms with E-state index in [-0.39, 0.29) is 11.9 Å². The van der Waals surface area contributed by atoms with Gasteiger partial charge >= 0.3 is 0 Å². The maximum absolute atomic E-state index is 8.68. The highest BCUT2D eigenvalue weighted by Crippen LogP contribution is 2.15. The number of pyridine rings is 1. The number of rotatable bonds is 6. The minimum absolute atomic E-state index is 0.0257. The van der Waals surface area contributed by atoms with Crippen molar-refractivity contribution in [3.05, 3.63) is 23.4 Å². The van der Waals surface area contributed by atoms with Crippen LogP contribution in [0.3, 0.4) is 0 Å². The second-order valence-electron chi connectivity index (χ2n) is 4.06. The molecule has 1 aromatic heterocycles. The minimum atomic E-state index is -0.0257. The van der Waals surface area contributed by atoms with Gasteiger partial charge in [-0.15, -0.1) is 0 Å². The van der Waals surface area contributed by atoms with E-state index in [1.165, 1.54) is 0 Å². The summed E-state index contributed by atoms with van der Waals surface area (Å²) in [5, 5.41) is 11.6. The van der Waals surface area contributed by atoms with Crippen LogP contribution in [0.1, 0.15) is 25.1 Å². The third-order valence-corrected chi connectivity index (χ3v) is 2.16. The lowest BCUT2D eigenvalue weighted by Gasteiger charge is -2.11. The minimum Gasteiger partial charge on any atom is -0.475 e. The molecule has 6 heteroatoms. The van der Waals surface area contributed by atoms with Crippen molar-refractivity contribution in [2.75, 3.05) is 13.2 Å². The second-order valence-corrected chi connectivity index (χ2v) is 4.06. The van der Waals surface area contributed by atoms with Gasteiger partial charge in [-0.1, -0.05) is 5.16 Å². The van der Waals surface area contributed by atoms with Gasteiger partial charge in [0, 0.05) is 5.69 Å². The molecule has 0 spiro atoms. The van der Waals surface area contributed by atoms with Crippen LogP contribution in [0.15, 0.2) is 17.3 Å². The van der Waals surface area contributed by atoms with Crippen molar-refractivity contribution in [1.82, 2.24) is 4.98 Å². The van der Waals surface area contributed by atoms with E-state index < -0.39 is 0 Å². The van der Waals surface area contributed by atoms with Crippen molar-refractivity contribution < 1.29 is 14.7 Å². The first kappa shape index (κ1) is 14.2. The monoisotopic (exact) mass is 253 g/mol. The number of oxime groups is 1. The van der Waals surface area contributed by atoms with Gasteiger partial charge in [0.15, 0.2) is 5.84 Å². The van der Waals surface area contributed by atoms with Crippen molar-refractivity contribution in [3.63, 3.8) is 0 Å². The van der Waals surface area contributed by atoms with Gasteiger partial charge in [0.1, 0.15) is 6.61 Å². The Balaban J connectivity index is 2.71. The Labute approximate surface area is 106 Å². The third kappa shape index (κ3) is 4.21. The maximum Gasteiger partial charge on any atom is 0.224 e. The molecule has 0 unspecified atom stereocenters. The lowest BCUT2D eigenvalue weighted by Crippen LogP contribution is -2.18. The number of hydrogen-bond acceptors (Lipinski definition) is 5. The SMILES string of the molecule is Cc1ccc(C(N)=NO)c(OCCOC(C)C)n1. The summed E-state index contributed by atoms with van der Waals surface area (Å²) in [5.74, 6) is 0.319. The average molecular weight is 253 g/mol. The molecule has 1 aromatic rings. The molecule has 0 saturated heterocycles. The van der Waals surface area contributed by atoms with E-state index in [9.17, 15) is 0 Å². The van der Waals surface area contributed by atoms with Crippen LogP contribution in [0.25, 0.3) is 0 Å². The van der Waals surface area contributed by atoms with Gasteiger partial charge < -0.3 is 20.4 Å². The standard InChI is InChI=1S/C12H19N3O3/c1-8(2)17-6-7-18-12-10(11(13)15-16)5-4-9(3)14-12/h4-5,8,16H,6-7H2,1-3H3,(H2,13,15). The van der Waals surface area contributed by atoms with Gasteiger partial charge in [-0.2, -0.15) is 0 Å². The first-order valence-electron chi connectivity index (χ1n) is 5.74. The van der Waals surface area contributed by atoms with E-state index in [4.69, 9.17) is 20.4 Å². The molecule has 0 aliphatic rings. The summed E-state index contributed by atoms with van der Waals surface area (Å²) < 4.78 is 10.8. The van der Waals surface area contributed by atoms with Gasteiger partial charge in [-0.3, -0.25) is 0 Å². The normalized spacial score (nSPS) is 11.9. The maximum atomic E-state index is 8.68. The number of ether oxygens (including phenoxy) is 2. The van der Waals surface area contributed by atoms with Crippen LogP contribution in [0.5, 0.6) is 5.88 Å². The number of aryl methyl sites for hydroxylation is 1. The summed E-state index contributed by atoms with van der Waals surface area (Å²) in [4.78, 5) is 4.21. The molecule has 0 fully saturated rings. The van der Waals surface area contributed by atoms with Crippen molar-refractivity contribution in [3.8, 4) is 5.88 Å². The highest BCUT2D eigenvalue weighted by Gasteiger charge is 2.10. The summed E-state index contributed by atoms with van der Waals surface area (Å²) in [6, 6.07) is 3.47. The molecular formula is C12H19N3O3. The van der Waals surface area contributed by atoms with Gasteiger partial charge in [0.2, 0.25) is 5.88 Å². The molecule has 6 nitrogen and oxygen atoms in total. The molecule has 100 valence electrons. The predicted molar refractivity (Wildman–Crippen MR) is 68.1 cm³/mol. The molecule has 3 N–H and O–H groups in total. The topological polar surface area (TPSA) is 90.0 Å². The Kier molecular flexibility index (Phi) is 5.38. The molecule has 0 aliphatic carbocycles. The number of amidine groups is 1. The van der Waals surface area contributed by atoms with Crippen LogP contribution in [-0.4, -0.2) is 35.3 Å². The quantitative estimate of drug-likeness (QED) is 0.262. The molecule has 0 aliphatic heterocycles. The number of nitrogens with two attached hydrogens (primary N) is 1. The van der Waals surface area contributed by atoms with Crippen LogP contribution in [0.4, 0.5) is 0 Å². The highest BCUT2D eigenvalue weighted by molar-refractivity contribution is 5.99. The van der Waals surface area contributed by atoms with Crippen LogP contribution >= 0.6 is 0 Å². The van der Waals surface area contributed by atoms with Crippen molar-refractivity contribution in [2.24, 2.45) is 10.9 Å². The van der Waals surface area contributed by atoms with Crippen LogP contribution in [0.2, 0.25) is 0 Å². The molecule has 0 aromatic carbocycles. The molecule has 1 heterocycles. The number of hydrogen-bond donors (Lipinski definition) is 2. The molecule has 18 heavy (non-hydrogen) atoms. The molecule has 1 rings (SSSR count). The molecule has 0 saturated carbocycles. The Morgan fingerprint density at radius 1 is 1.44 bits per heavy atom. The fourth-order valence-corrected chi connectivity index (χ4v) is 1.31. The van der Waals surface area contributed by atoms with E-state index >= 15 is 0 Å². The Morgan fingerprint density at radius 2 is 2.17 bits per heavy atom. The summed E-state index contributed by atoms with van der Waals surface area (Å²) in [5.41, 5.74) is 6.81. The van der Waals surface area contributed by atoms with Crippen LogP contribution < -0.4 is 10.5 Å².